The Morgan fingerprint density at radius 1 is 1.25 bits per heavy atom. The van der Waals surface area contributed by atoms with Crippen molar-refractivity contribution in [1.29, 1.82) is 0 Å². The van der Waals surface area contributed by atoms with Crippen LogP contribution >= 0.6 is 0 Å². The Bertz CT molecular complexity index is 630. The fourth-order valence-electron chi connectivity index (χ4n) is 2.22. The zero-order valence-electron chi connectivity index (χ0n) is 12.6. The normalized spacial score (nSPS) is 14.7. The second-order valence-electron chi connectivity index (χ2n) is 5.12. The van der Waals surface area contributed by atoms with Crippen molar-refractivity contribution < 1.29 is 32.3 Å². The van der Waals surface area contributed by atoms with Crippen LogP contribution in [0.5, 0.6) is 0 Å². The Balaban J connectivity index is 1.80. The first-order chi connectivity index (χ1) is 11.3. The first kappa shape index (κ1) is 17.8. The topological polar surface area (TPSA) is 75.7 Å². The second-order valence-corrected chi connectivity index (χ2v) is 5.12. The molecule has 1 heterocycles. The van der Waals surface area contributed by atoms with Crippen LogP contribution in [0, 0.1) is 0 Å². The van der Waals surface area contributed by atoms with E-state index in [2.05, 4.69) is 5.32 Å². The number of rotatable bonds is 6. The highest BCUT2D eigenvalue weighted by molar-refractivity contribution is 6.01. The fraction of sp³-hybridized carbons (Fsp3) is 0.400. The minimum atomic E-state index is -4.52. The summed E-state index contributed by atoms with van der Waals surface area (Å²) in [6, 6.07) is 4.32. The molecule has 0 aromatic heterocycles. The van der Waals surface area contributed by atoms with Gasteiger partial charge in [-0.15, -0.1) is 0 Å². The number of amides is 3. The van der Waals surface area contributed by atoms with Crippen molar-refractivity contribution in [2.45, 2.75) is 25.6 Å². The van der Waals surface area contributed by atoms with E-state index >= 15 is 0 Å². The number of benzene rings is 1. The van der Waals surface area contributed by atoms with E-state index in [1.807, 2.05) is 0 Å². The predicted molar refractivity (Wildman–Crippen MR) is 75.6 cm³/mol. The van der Waals surface area contributed by atoms with E-state index in [-0.39, 0.29) is 37.4 Å². The summed E-state index contributed by atoms with van der Waals surface area (Å²) < 4.78 is 43.3. The number of hydrogen-bond acceptors (Lipinski definition) is 4. The molecule has 1 aliphatic rings. The van der Waals surface area contributed by atoms with Crippen LogP contribution in [0.3, 0.4) is 0 Å². The summed E-state index contributed by atoms with van der Waals surface area (Å²) in [7, 11) is 0. The van der Waals surface area contributed by atoms with E-state index in [1.165, 1.54) is 18.2 Å². The van der Waals surface area contributed by atoms with Gasteiger partial charge in [0.2, 0.25) is 5.91 Å². The SMILES string of the molecule is O=C(CCCN1C(=O)CNC1=O)OCc1ccccc1C(F)(F)F. The summed E-state index contributed by atoms with van der Waals surface area (Å²) in [5.74, 6) is -1.08. The van der Waals surface area contributed by atoms with Crippen molar-refractivity contribution in [2.75, 3.05) is 13.1 Å². The van der Waals surface area contributed by atoms with E-state index < -0.39 is 30.3 Å². The van der Waals surface area contributed by atoms with Crippen LogP contribution in [0.1, 0.15) is 24.0 Å². The maximum atomic E-state index is 12.8. The Kier molecular flexibility index (Phi) is 5.42. The van der Waals surface area contributed by atoms with Gasteiger partial charge in [-0.3, -0.25) is 14.5 Å². The number of carbonyl (C=O) groups excluding carboxylic acids is 3. The van der Waals surface area contributed by atoms with Crippen molar-refractivity contribution in [3.63, 3.8) is 0 Å². The Morgan fingerprint density at radius 2 is 1.96 bits per heavy atom. The summed E-state index contributed by atoms with van der Waals surface area (Å²) in [6.07, 6.45) is -4.45. The maximum absolute atomic E-state index is 12.8. The molecular weight excluding hydrogens is 329 g/mol. The number of nitrogens with zero attached hydrogens (tertiary/aromatic N) is 1. The van der Waals surface area contributed by atoms with Gasteiger partial charge in [0, 0.05) is 18.5 Å². The molecule has 0 bridgehead atoms. The van der Waals surface area contributed by atoms with E-state index in [0.29, 0.717) is 0 Å². The lowest BCUT2D eigenvalue weighted by Crippen LogP contribution is -2.32. The maximum Gasteiger partial charge on any atom is 0.416 e. The molecule has 1 saturated heterocycles. The van der Waals surface area contributed by atoms with Gasteiger partial charge in [-0.2, -0.15) is 13.2 Å². The lowest BCUT2D eigenvalue weighted by molar-refractivity contribution is -0.148. The highest BCUT2D eigenvalue weighted by Gasteiger charge is 2.33. The van der Waals surface area contributed by atoms with Crippen molar-refractivity contribution in [3.8, 4) is 0 Å². The molecule has 2 rings (SSSR count). The largest absolute Gasteiger partial charge is 0.461 e. The van der Waals surface area contributed by atoms with E-state index in [0.717, 1.165) is 11.0 Å². The average molecular weight is 344 g/mol. The lowest BCUT2D eigenvalue weighted by Gasteiger charge is -2.13. The van der Waals surface area contributed by atoms with Crippen LogP contribution in [0.2, 0.25) is 0 Å². The molecule has 1 aliphatic heterocycles. The number of nitrogens with one attached hydrogen (secondary N) is 1. The van der Waals surface area contributed by atoms with Gasteiger partial charge in [0.15, 0.2) is 0 Å². The molecule has 9 heteroatoms. The Labute approximate surface area is 135 Å². The molecule has 130 valence electrons. The van der Waals surface area contributed by atoms with Crippen molar-refractivity contribution in [1.82, 2.24) is 10.2 Å². The number of alkyl halides is 3. The van der Waals surface area contributed by atoms with Crippen LogP contribution in [-0.2, 0) is 27.1 Å². The quantitative estimate of drug-likeness (QED) is 0.633. The monoisotopic (exact) mass is 344 g/mol. The number of carbonyl (C=O) groups is 3. The molecule has 0 saturated carbocycles. The van der Waals surface area contributed by atoms with Gasteiger partial charge in [-0.25, -0.2) is 4.79 Å². The number of halogens is 3. The Hall–Kier alpha value is -2.58. The number of imide groups is 1. The number of hydrogen-bond donors (Lipinski definition) is 1. The summed E-state index contributed by atoms with van der Waals surface area (Å²) in [5, 5.41) is 2.34. The third-order valence-electron chi connectivity index (χ3n) is 3.41. The fourth-order valence-corrected chi connectivity index (χ4v) is 2.22. The molecule has 0 unspecified atom stereocenters. The number of esters is 1. The summed E-state index contributed by atoms with van der Waals surface area (Å²) in [4.78, 5) is 35.2. The lowest BCUT2D eigenvalue weighted by atomic mass is 10.1. The minimum Gasteiger partial charge on any atom is -0.461 e. The van der Waals surface area contributed by atoms with Gasteiger partial charge in [0.1, 0.15) is 6.61 Å². The molecule has 0 spiro atoms. The molecule has 24 heavy (non-hydrogen) atoms. The van der Waals surface area contributed by atoms with E-state index in [9.17, 15) is 27.6 Å². The van der Waals surface area contributed by atoms with Crippen LogP contribution in [0.25, 0.3) is 0 Å². The van der Waals surface area contributed by atoms with Gasteiger partial charge in [0.25, 0.3) is 0 Å². The molecular formula is C15H15F3N2O4. The molecule has 1 fully saturated rings. The first-order valence-corrected chi connectivity index (χ1v) is 7.18. The zero-order valence-corrected chi connectivity index (χ0v) is 12.6. The summed E-state index contributed by atoms with van der Waals surface area (Å²) in [6.45, 7) is -0.506. The first-order valence-electron chi connectivity index (χ1n) is 7.18. The molecule has 1 N–H and O–H groups in total. The smallest absolute Gasteiger partial charge is 0.416 e. The number of urea groups is 1. The molecule has 1 aromatic rings. The molecule has 0 atom stereocenters. The van der Waals surface area contributed by atoms with Gasteiger partial charge in [-0.05, 0) is 12.5 Å². The summed E-state index contributed by atoms with van der Waals surface area (Å²) >= 11 is 0. The predicted octanol–water partition coefficient (Wildman–Crippen LogP) is 2.08. The average Bonchev–Trinajstić information content (AvgIpc) is 2.84. The van der Waals surface area contributed by atoms with E-state index in [1.54, 1.807) is 0 Å². The highest BCUT2D eigenvalue weighted by atomic mass is 19.4. The minimum absolute atomic E-state index is 0.0545. The van der Waals surface area contributed by atoms with Crippen LogP contribution in [0.15, 0.2) is 24.3 Å². The molecule has 1 aromatic carbocycles. The van der Waals surface area contributed by atoms with Crippen LogP contribution in [-0.4, -0.2) is 35.9 Å². The zero-order chi connectivity index (χ0) is 17.7. The van der Waals surface area contributed by atoms with Gasteiger partial charge >= 0.3 is 18.2 Å². The number of ether oxygens (including phenoxy) is 1. The third kappa shape index (κ3) is 4.46. The van der Waals surface area contributed by atoms with E-state index in [4.69, 9.17) is 4.74 Å². The van der Waals surface area contributed by atoms with Gasteiger partial charge in [-0.1, -0.05) is 18.2 Å². The summed E-state index contributed by atoms with van der Waals surface area (Å²) in [5.41, 5.74) is -0.982. The van der Waals surface area contributed by atoms with Crippen molar-refractivity contribution in [3.05, 3.63) is 35.4 Å². The molecule has 0 aliphatic carbocycles. The van der Waals surface area contributed by atoms with Crippen molar-refractivity contribution in [2.24, 2.45) is 0 Å². The molecule has 3 amide bonds. The second kappa shape index (κ2) is 7.33. The highest BCUT2D eigenvalue weighted by Crippen LogP contribution is 2.32. The van der Waals surface area contributed by atoms with Crippen LogP contribution in [0.4, 0.5) is 18.0 Å². The van der Waals surface area contributed by atoms with Crippen LogP contribution < -0.4 is 5.32 Å². The third-order valence-corrected chi connectivity index (χ3v) is 3.41. The standard InChI is InChI=1S/C15H15F3N2O4/c16-15(17,18)11-5-2-1-4-10(11)9-24-13(22)6-3-7-20-12(21)8-19-14(20)23/h1-2,4-5H,3,6-9H2,(H,19,23). The Morgan fingerprint density at radius 3 is 2.58 bits per heavy atom. The van der Waals surface area contributed by atoms with Crippen molar-refractivity contribution >= 4 is 17.9 Å². The van der Waals surface area contributed by atoms with Gasteiger partial charge in [0.05, 0.1) is 12.1 Å². The molecule has 6 nitrogen and oxygen atoms in total. The van der Waals surface area contributed by atoms with Gasteiger partial charge < -0.3 is 10.1 Å². The molecule has 0 radical (unpaired) electrons.